The van der Waals surface area contributed by atoms with Crippen molar-refractivity contribution in [1.29, 1.82) is 0 Å². The first-order valence-corrected chi connectivity index (χ1v) is 11.8. The fourth-order valence-corrected chi connectivity index (χ4v) is 5.06. The molecule has 2 nitrogen and oxygen atoms in total. The highest BCUT2D eigenvalue weighted by Crippen LogP contribution is 2.35. The molecule has 0 aliphatic rings. The molecule has 0 heterocycles. The Morgan fingerprint density at radius 3 is 1.70 bits per heavy atom. The van der Waals surface area contributed by atoms with Crippen LogP contribution in [0.25, 0.3) is 0 Å². The van der Waals surface area contributed by atoms with Gasteiger partial charge in [-0.2, -0.15) is 0 Å². The molecular weight excluding hydrogens is 383 g/mol. The predicted molar refractivity (Wildman–Crippen MR) is 134 cm³/mol. The maximum absolute atomic E-state index is 4.92. The van der Waals surface area contributed by atoms with Crippen LogP contribution in [0.3, 0.4) is 0 Å². The summed E-state index contributed by atoms with van der Waals surface area (Å²) in [4.78, 5) is 4.92. The standard InChI is InChI=1S/C27H33N2P/c1-26(2,3)21-17-18-24(27(4,5)6)25(19-21)28-20-29-30(22-13-9-7-10-14-22)23-15-11-8-12-16-23/h7-20H,1-6H3,(H,28,29). The van der Waals surface area contributed by atoms with Crippen LogP contribution in [0.15, 0.2) is 83.9 Å². The summed E-state index contributed by atoms with van der Waals surface area (Å²) in [6.07, 6.45) is 1.89. The van der Waals surface area contributed by atoms with Crippen LogP contribution in [-0.4, -0.2) is 6.34 Å². The number of nitrogens with one attached hydrogen (secondary N) is 1. The molecule has 0 aliphatic heterocycles. The van der Waals surface area contributed by atoms with Crippen LogP contribution >= 0.6 is 8.07 Å². The SMILES string of the molecule is CC(C)(C)c1ccc(C(C)(C)C)c(/N=C/NP(c2ccccc2)c2ccccc2)c1. The van der Waals surface area contributed by atoms with Gasteiger partial charge in [-0.15, -0.1) is 0 Å². The molecule has 3 aromatic carbocycles. The second-order valence-electron chi connectivity index (χ2n) is 9.63. The summed E-state index contributed by atoms with van der Waals surface area (Å²) in [5.74, 6) is 0. The van der Waals surface area contributed by atoms with Gasteiger partial charge in [0.1, 0.15) is 0 Å². The van der Waals surface area contributed by atoms with Crippen LogP contribution in [-0.2, 0) is 10.8 Å². The van der Waals surface area contributed by atoms with Gasteiger partial charge in [0.2, 0.25) is 0 Å². The average molecular weight is 417 g/mol. The largest absolute Gasteiger partial charge is 0.348 e. The van der Waals surface area contributed by atoms with Crippen molar-refractivity contribution in [2.45, 2.75) is 52.4 Å². The summed E-state index contributed by atoms with van der Waals surface area (Å²) in [6.45, 7) is 13.5. The molecule has 0 radical (unpaired) electrons. The zero-order valence-electron chi connectivity index (χ0n) is 19.0. The topological polar surface area (TPSA) is 24.4 Å². The second kappa shape index (κ2) is 9.14. The molecule has 1 N–H and O–H groups in total. The average Bonchev–Trinajstić information content (AvgIpc) is 2.71. The minimum absolute atomic E-state index is 0.0344. The van der Waals surface area contributed by atoms with Gasteiger partial charge in [-0.3, -0.25) is 0 Å². The third kappa shape index (κ3) is 5.58. The highest BCUT2D eigenvalue weighted by atomic mass is 31.1. The quantitative estimate of drug-likeness (QED) is 0.284. The Hall–Kier alpha value is -2.44. The molecule has 3 aromatic rings. The number of hydrogen-bond acceptors (Lipinski definition) is 1. The number of aliphatic imine (C=N–C) groups is 1. The Morgan fingerprint density at radius 1 is 0.700 bits per heavy atom. The highest BCUT2D eigenvalue weighted by Gasteiger charge is 2.21. The van der Waals surface area contributed by atoms with Crippen molar-refractivity contribution in [3.8, 4) is 0 Å². The summed E-state index contributed by atoms with van der Waals surface area (Å²) in [6, 6.07) is 27.9. The monoisotopic (exact) mass is 416 g/mol. The van der Waals surface area contributed by atoms with Gasteiger partial charge in [0.25, 0.3) is 0 Å². The van der Waals surface area contributed by atoms with E-state index in [-0.39, 0.29) is 10.8 Å². The van der Waals surface area contributed by atoms with Crippen molar-refractivity contribution in [2.75, 3.05) is 0 Å². The van der Waals surface area contributed by atoms with Gasteiger partial charge in [-0.1, -0.05) is 114 Å². The molecule has 0 spiro atoms. The number of hydrogen-bond donors (Lipinski definition) is 1. The first-order chi connectivity index (χ1) is 14.2. The molecule has 0 amide bonds. The van der Waals surface area contributed by atoms with Crippen LogP contribution in [0.5, 0.6) is 0 Å². The van der Waals surface area contributed by atoms with Crippen molar-refractivity contribution >= 4 is 30.7 Å². The second-order valence-corrected chi connectivity index (χ2v) is 11.6. The zero-order chi connectivity index (χ0) is 21.8. The lowest BCUT2D eigenvalue weighted by atomic mass is 9.81. The molecule has 0 atom stereocenters. The molecule has 0 saturated carbocycles. The molecule has 3 heteroatoms. The van der Waals surface area contributed by atoms with E-state index in [1.54, 1.807) is 0 Å². The van der Waals surface area contributed by atoms with Crippen molar-refractivity contribution < 1.29 is 0 Å². The number of nitrogens with zero attached hydrogens (tertiary/aromatic N) is 1. The lowest BCUT2D eigenvalue weighted by molar-refractivity contribution is 0.578. The molecule has 0 unspecified atom stereocenters. The lowest BCUT2D eigenvalue weighted by Gasteiger charge is -2.25. The molecule has 3 rings (SSSR count). The zero-order valence-corrected chi connectivity index (χ0v) is 19.9. The van der Waals surface area contributed by atoms with Gasteiger partial charge in [0, 0.05) is 10.6 Å². The van der Waals surface area contributed by atoms with Gasteiger partial charge in [-0.25, -0.2) is 4.99 Å². The lowest BCUT2D eigenvalue weighted by Crippen LogP contribution is -2.22. The van der Waals surface area contributed by atoms with E-state index in [0.717, 1.165) is 5.69 Å². The van der Waals surface area contributed by atoms with Crippen LogP contribution in [0.4, 0.5) is 5.69 Å². The first-order valence-electron chi connectivity index (χ1n) is 10.5. The summed E-state index contributed by atoms with van der Waals surface area (Å²) >= 11 is 0. The Bertz CT molecular complexity index is 941. The minimum Gasteiger partial charge on any atom is -0.348 e. The number of benzene rings is 3. The van der Waals surface area contributed by atoms with Crippen molar-refractivity contribution in [1.82, 2.24) is 5.09 Å². The Kier molecular flexibility index (Phi) is 6.78. The minimum atomic E-state index is -0.714. The van der Waals surface area contributed by atoms with Gasteiger partial charge in [0.15, 0.2) is 0 Å². The van der Waals surface area contributed by atoms with E-state index in [0.29, 0.717) is 0 Å². The highest BCUT2D eigenvalue weighted by molar-refractivity contribution is 7.71. The van der Waals surface area contributed by atoms with Crippen LogP contribution in [0, 0.1) is 0 Å². The molecule has 0 saturated heterocycles. The first kappa shape index (κ1) is 22.2. The van der Waals surface area contributed by atoms with Crippen molar-refractivity contribution in [3.63, 3.8) is 0 Å². The summed E-state index contributed by atoms with van der Waals surface area (Å²) in [7, 11) is -0.714. The molecule has 0 aliphatic carbocycles. The molecule has 30 heavy (non-hydrogen) atoms. The Morgan fingerprint density at radius 2 is 1.23 bits per heavy atom. The maximum Gasteiger partial charge on any atom is 0.0923 e. The van der Waals surface area contributed by atoms with Crippen LogP contribution < -0.4 is 15.7 Å². The van der Waals surface area contributed by atoms with Crippen molar-refractivity contribution in [2.24, 2.45) is 4.99 Å². The van der Waals surface area contributed by atoms with E-state index in [1.165, 1.54) is 21.7 Å². The molecular formula is C27H33N2P. The Labute approximate surface area is 183 Å². The van der Waals surface area contributed by atoms with Gasteiger partial charge < -0.3 is 5.09 Å². The van der Waals surface area contributed by atoms with E-state index in [1.807, 2.05) is 6.34 Å². The van der Waals surface area contributed by atoms with Crippen LogP contribution in [0.2, 0.25) is 0 Å². The Balaban J connectivity index is 1.95. The summed E-state index contributed by atoms with van der Waals surface area (Å²) < 4.78 is 0. The van der Waals surface area contributed by atoms with E-state index in [4.69, 9.17) is 4.99 Å². The van der Waals surface area contributed by atoms with Gasteiger partial charge in [0.05, 0.1) is 20.1 Å². The molecule has 0 bridgehead atoms. The predicted octanol–water partition coefficient (Wildman–Crippen LogP) is 6.58. The summed E-state index contributed by atoms with van der Waals surface area (Å²) in [5.41, 5.74) is 3.73. The number of rotatable bonds is 5. The molecule has 0 fully saturated rings. The van der Waals surface area contributed by atoms with E-state index < -0.39 is 8.07 Å². The van der Waals surface area contributed by atoms with E-state index in [2.05, 4.69) is 125 Å². The van der Waals surface area contributed by atoms with Gasteiger partial charge in [-0.05, 0) is 28.0 Å². The maximum atomic E-state index is 4.92. The third-order valence-electron chi connectivity index (χ3n) is 5.09. The van der Waals surface area contributed by atoms with E-state index in [9.17, 15) is 0 Å². The third-order valence-corrected chi connectivity index (χ3v) is 7.09. The van der Waals surface area contributed by atoms with Crippen molar-refractivity contribution in [3.05, 3.63) is 90.0 Å². The fourth-order valence-electron chi connectivity index (χ4n) is 3.35. The van der Waals surface area contributed by atoms with Gasteiger partial charge >= 0.3 is 0 Å². The summed E-state index contributed by atoms with van der Waals surface area (Å²) in [5, 5.41) is 6.17. The fraction of sp³-hybridized carbons (Fsp3) is 0.296. The normalized spacial score (nSPS) is 12.5. The smallest absolute Gasteiger partial charge is 0.0923 e. The molecule has 0 aromatic heterocycles. The molecule has 156 valence electrons. The van der Waals surface area contributed by atoms with Crippen LogP contribution in [0.1, 0.15) is 52.7 Å². The van der Waals surface area contributed by atoms with E-state index >= 15 is 0 Å².